The Morgan fingerprint density at radius 2 is 0.676 bits per heavy atom. The van der Waals surface area contributed by atoms with Gasteiger partial charge in [-0.2, -0.15) is 15.0 Å². The number of ether oxygens (including phenoxy) is 16. The second kappa shape index (κ2) is 49.5. The molecule has 0 bridgehead atoms. The second-order valence-electron chi connectivity index (χ2n) is 32.8. The SMILES string of the molecule is CC[C@H]1O[C@@H](n2cc(C)c(=O)[nH]c2=O)CC1OP([O-])(=S)OC[C@H]1O[C@@H](n2cc(C)c(N)nc2=O)[C@@H](OCCOC)C1OP(=O)([O-])OC[C@H]1O[C@@H](n2cc(C)c(=O)[nH]c2=O)[C@@H](OCCOC)C1OP(=O)([O-])OC[C@H]1O[C@@H](n2cc(C)c(=O)[nH]c2=O)[C@@H](OCCOC)C1OP(=O)([S-])OC[C@H]1O[C@@H](n2cc(C)c(N)nc2=O)[C@@H](OCCOC)C1OP([O-])(=S)OC[C@H]1O[C@@H](n2cc(C)c(N)nc2=O)[C@@H](OCCOC)C1O. The number of aliphatic hydroxyl groups excluding tert-OH is 1. The first-order valence-electron chi connectivity index (χ1n) is 43.5. The summed E-state index contributed by atoms with van der Waals surface area (Å²) in [6.45, 7) is -13.7. The molecule has 6 saturated heterocycles. The van der Waals surface area contributed by atoms with E-state index in [4.69, 9.17) is 174 Å². The summed E-state index contributed by atoms with van der Waals surface area (Å²) in [6, 6.07) is 0. The standard InChI is InChI=1S/C76H114N15O43P5S3/c1-13-42-43(24-49(124-42)86-28-39(5)63(93)83-74(86)99)130-137(106,140)122-34-47-52(57(116-21-16-111-10)67(128-47)88-26-37(3)61(78)81-72(88)97)132-135(102,103)119-32-45-51(56(115-20-15-110-9)68(126-45)90-29-40(6)64(94)84-75(90)100)131-136(104,105)120-33-46-53(58(117-22-17-112-11)70(127-46)91-30-41(7)65(95)85-76(91)101)133-139(108,142)123-35-48-54(59(118-23-18-113-12)69(129-48)89-27-38(4)62(79)82-73(89)98)134-138(107,141)121-31-44-50(92)55(114-19-14-109-8)66(125-44)87-25-36(2)60(77)80-71(87)96/h25-30,42-59,66-70,92H,13-24,31-35H2,1-12H3,(H,102,103)(H,104,105)(H,106,140)(H,107,141)(H,108,142)(H2,77,80,96)(H2,78,81,97)(H2,79,82,98)(H,83,93,99)(H,84,94,100)(H,85,95,101)/p-5/t42-,43?,44-,45-,46-,47-,48-,49-,50?,51?,52?,53?,54?,55+,56+,57+,58+,59+,66-,67-,68-,69-,70-,137?,138?,139?/m1/s1. The first-order valence-corrected chi connectivity index (χ1v) is 54.1. The topological polar surface area (TPSA) is 751 Å². The molecule has 12 heterocycles. The Kier molecular flexibility index (Phi) is 39.7. The van der Waals surface area contributed by atoms with E-state index in [0.717, 1.165) is 39.8 Å². The van der Waals surface area contributed by atoms with Crippen molar-refractivity contribution in [3.05, 3.63) is 165 Å². The van der Waals surface area contributed by atoms with Crippen molar-refractivity contribution in [1.82, 2.24) is 57.3 Å². The number of nitrogens with one attached hydrogen (secondary N) is 3. The lowest BCUT2D eigenvalue weighted by Gasteiger charge is -2.36. The van der Waals surface area contributed by atoms with Gasteiger partial charge in [0.15, 0.2) is 37.9 Å². The Morgan fingerprint density at radius 3 is 1.04 bits per heavy atom. The average Bonchev–Trinajstić information content (AvgIpc) is 1.62. The van der Waals surface area contributed by atoms with Gasteiger partial charge in [0.1, 0.15) is 129 Å². The maximum atomic E-state index is 15.5. The zero-order valence-corrected chi connectivity index (χ0v) is 85.0. The molecule has 0 aromatic carbocycles. The van der Waals surface area contributed by atoms with E-state index in [0.29, 0.717) is 5.56 Å². The van der Waals surface area contributed by atoms with Gasteiger partial charge >= 0.3 is 34.1 Å². The number of aliphatic hydroxyl groups is 1. The van der Waals surface area contributed by atoms with Gasteiger partial charge in [-0.15, -0.1) is 0 Å². The molecule has 10 N–H and O–H groups in total. The van der Waals surface area contributed by atoms with Gasteiger partial charge in [-0.05, 0) is 48.0 Å². The number of phosphoric acid groups is 2. The van der Waals surface area contributed by atoms with Gasteiger partial charge in [-0.1, -0.05) is 30.5 Å². The Bertz CT molecular complexity index is 6220. The van der Waals surface area contributed by atoms with Crippen LogP contribution in [-0.2, 0) is 171 Å². The molecular weight excluding hydrogens is 2060 g/mol. The lowest BCUT2D eigenvalue weighted by molar-refractivity contribution is -0.241. The summed E-state index contributed by atoms with van der Waals surface area (Å²) >= 11 is 16.5. The number of aryl methyl sites for hydroxylation is 6. The predicted octanol–water partition coefficient (Wildman–Crippen LogP) is -4.52. The Balaban J connectivity index is 0.844. The Morgan fingerprint density at radius 1 is 0.387 bits per heavy atom. The number of nitrogen functional groups attached to an aromatic ring is 3. The predicted molar refractivity (Wildman–Crippen MR) is 486 cm³/mol. The van der Waals surface area contributed by atoms with Crippen LogP contribution in [0, 0.1) is 41.5 Å². The molecule has 58 nitrogen and oxygen atoms in total. The fraction of sp³-hybridized carbons (Fsp3) is 0.684. The normalized spacial score (nSPS) is 29.4. The maximum Gasteiger partial charge on any atom is 0.351 e. The van der Waals surface area contributed by atoms with Crippen molar-refractivity contribution in [3.8, 4) is 0 Å². The minimum atomic E-state index is -6.28. The minimum Gasteiger partial charge on any atom is -0.780 e. The molecule has 0 radical (unpaired) electrons. The zero-order chi connectivity index (χ0) is 104. The van der Waals surface area contributed by atoms with Gasteiger partial charge in [-0.3, -0.25) is 70.4 Å². The molecule has 0 saturated carbocycles. The summed E-state index contributed by atoms with van der Waals surface area (Å²) in [5.74, 6) is -0.548. The molecule has 66 heteroatoms. The van der Waals surface area contributed by atoms with E-state index < -0.39 is 281 Å². The molecule has 28 atom stereocenters. The van der Waals surface area contributed by atoms with Crippen LogP contribution in [-0.4, -0.2) is 301 Å². The van der Waals surface area contributed by atoms with Crippen LogP contribution >= 0.6 is 35.9 Å². The van der Waals surface area contributed by atoms with Crippen LogP contribution in [0.5, 0.6) is 0 Å². The van der Waals surface area contributed by atoms with Crippen LogP contribution in [0.15, 0.2) is 80.3 Å². The number of rotatable bonds is 52. The molecule has 12 rings (SSSR count). The van der Waals surface area contributed by atoms with E-state index in [1.165, 1.54) is 95.0 Å². The van der Waals surface area contributed by atoms with E-state index in [9.17, 15) is 67.5 Å². The fourth-order valence-corrected chi connectivity index (χ4v) is 22.0. The molecular formula is C76H109N15O43P5S3-5. The molecule has 0 aliphatic carbocycles. The number of H-pyrrole nitrogens is 3. The van der Waals surface area contributed by atoms with Crippen molar-refractivity contribution in [2.75, 3.05) is 152 Å². The summed E-state index contributed by atoms with van der Waals surface area (Å²) < 4.78 is 204. The highest BCUT2D eigenvalue weighted by atomic mass is 32.7. The summed E-state index contributed by atoms with van der Waals surface area (Å²) in [4.78, 5) is 198. The molecule has 6 aromatic rings. The average molecular weight is 2170 g/mol. The molecule has 6 fully saturated rings. The monoisotopic (exact) mass is 2170 g/mol. The largest absolute Gasteiger partial charge is 0.780 e. The highest BCUT2D eigenvalue weighted by molar-refractivity contribution is 8.32. The summed E-state index contributed by atoms with van der Waals surface area (Å²) in [5, 5.41) is 11.8. The van der Waals surface area contributed by atoms with Crippen molar-refractivity contribution < 1.29 is 159 Å². The zero-order valence-electron chi connectivity index (χ0n) is 78.1. The maximum absolute atomic E-state index is 15.5. The van der Waals surface area contributed by atoms with Crippen LogP contribution in [0.2, 0.25) is 0 Å². The highest BCUT2D eigenvalue weighted by Gasteiger charge is 2.57. The van der Waals surface area contributed by atoms with Gasteiger partial charge in [0.05, 0.1) is 111 Å². The van der Waals surface area contributed by atoms with Crippen LogP contribution < -0.4 is 87.6 Å². The van der Waals surface area contributed by atoms with Crippen molar-refractivity contribution in [1.29, 1.82) is 0 Å². The number of hydrogen-bond donors (Lipinski definition) is 7. The minimum absolute atomic E-state index is 0.0104. The van der Waals surface area contributed by atoms with E-state index >= 15 is 14.0 Å². The number of phosphoric ester groups is 2. The summed E-state index contributed by atoms with van der Waals surface area (Å²) in [6.07, 6.45) is -33.0. The van der Waals surface area contributed by atoms with Gasteiger partial charge in [-0.25, -0.2) is 28.8 Å². The molecule has 0 amide bonds. The molecule has 6 aliphatic heterocycles. The van der Waals surface area contributed by atoms with Crippen molar-refractivity contribution in [3.63, 3.8) is 0 Å². The fourth-order valence-electron chi connectivity index (χ4n) is 15.8. The highest BCUT2D eigenvalue weighted by Crippen LogP contribution is 2.56. The number of anilines is 3. The molecule has 6 aromatic heterocycles. The Hall–Kier alpha value is -6.82. The quantitative estimate of drug-likeness (QED) is 0.0107. The molecule has 6 aliphatic rings. The number of methoxy groups -OCH3 is 5. The van der Waals surface area contributed by atoms with Gasteiger partial charge < -0.3 is 175 Å². The van der Waals surface area contributed by atoms with Gasteiger partial charge in [0.25, 0.3) is 32.3 Å². The van der Waals surface area contributed by atoms with E-state index in [2.05, 4.69) is 29.9 Å². The van der Waals surface area contributed by atoms with E-state index in [1.54, 1.807) is 13.8 Å². The number of hydrogen-bond acceptors (Lipinski definition) is 52. The smallest absolute Gasteiger partial charge is 0.351 e. The van der Waals surface area contributed by atoms with E-state index in [1.807, 2.05) is 0 Å². The first-order chi connectivity index (χ1) is 67.1. The lowest BCUT2D eigenvalue weighted by atomic mass is 10.1. The number of aromatic amines is 3. The Labute approximate surface area is 820 Å². The second-order valence-corrected chi connectivity index (χ2v) is 43.6. The third kappa shape index (κ3) is 28.2. The summed E-state index contributed by atoms with van der Waals surface area (Å²) in [5.41, 5.74) is 9.83. The molecule has 11 unspecified atom stereocenters. The van der Waals surface area contributed by atoms with Crippen LogP contribution in [0.25, 0.3) is 0 Å². The number of aromatic nitrogens is 12. The van der Waals surface area contributed by atoms with Gasteiger partial charge in [0.2, 0.25) is 0 Å². The van der Waals surface area contributed by atoms with Gasteiger partial charge in [0, 0.05) is 113 Å². The van der Waals surface area contributed by atoms with Crippen LogP contribution in [0.4, 0.5) is 17.5 Å². The lowest BCUT2D eigenvalue weighted by Crippen LogP contribution is -2.43. The molecule has 0 spiro atoms. The van der Waals surface area contributed by atoms with Crippen molar-refractivity contribution in [2.45, 2.75) is 202 Å². The van der Waals surface area contributed by atoms with Crippen molar-refractivity contribution >= 4 is 89.2 Å². The number of nitrogens with zero attached hydrogens (tertiary/aromatic N) is 9. The van der Waals surface area contributed by atoms with Crippen molar-refractivity contribution in [2.24, 2.45) is 0 Å². The van der Waals surface area contributed by atoms with Crippen LogP contribution in [0.1, 0.15) is 90.5 Å². The van der Waals surface area contributed by atoms with Crippen LogP contribution in [0.3, 0.4) is 0 Å². The third-order valence-corrected chi connectivity index (χ3v) is 29.5. The molecule has 794 valence electrons. The number of nitrogens with two attached hydrogens (primary N) is 3. The first kappa shape index (κ1) is 114. The molecule has 142 heavy (non-hydrogen) atoms. The van der Waals surface area contributed by atoms with E-state index in [-0.39, 0.29) is 104 Å². The summed E-state index contributed by atoms with van der Waals surface area (Å²) in [7, 11) is -5.95. The third-order valence-electron chi connectivity index (χ3n) is 22.9.